The van der Waals surface area contributed by atoms with Gasteiger partial charge in [0.15, 0.2) is 0 Å². The van der Waals surface area contributed by atoms with Crippen molar-refractivity contribution in [3.63, 3.8) is 0 Å². The quantitative estimate of drug-likeness (QED) is 0.522. The topological polar surface area (TPSA) is 84.3 Å². The van der Waals surface area contributed by atoms with Crippen LogP contribution in [-0.4, -0.2) is 21.0 Å². The first-order chi connectivity index (χ1) is 14.5. The maximum Gasteiger partial charge on any atom is 0.282 e. The van der Waals surface area contributed by atoms with Crippen LogP contribution in [0, 0.1) is 6.92 Å². The minimum absolute atomic E-state index is 0.107. The van der Waals surface area contributed by atoms with Crippen molar-refractivity contribution in [2.24, 2.45) is 0 Å². The van der Waals surface area contributed by atoms with E-state index in [9.17, 15) is 4.79 Å². The lowest BCUT2D eigenvalue weighted by atomic mass is 10.0. The summed E-state index contributed by atoms with van der Waals surface area (Å²) in [4.78, 5) is 17.7. The normalized spacial score (nSPS) is 13.9. The van der Waals surface area contributed by atoms with Crippen LogP contribution in [0.2, 0.25) is 0 Å². The van der Waals surface area contributed by atoms with Gasteiger partial charge >= 0.3 is 0 Å². The molecule has 4 aromatic rings. The van der Waals surface area contributed by atoms with Crippen molar-refractivity contribution in [1.82, 2.24) is 19.5 Å². The Hall–Kier alpha value is -3.43. The lowest BCUT2D eigenvalue weighted by Crippen LogP contribution is -2.40. The Labute approximate surface area is 176 Å². The zero-order chi connectivity index (χ0) is 20.8. The highest BCUT2D eigenvalue weighted by Crippen LogP contribution is 2.33. The van der Waals surface area contributed by atoms with E-state index in [1.54, 1.807) is 24.1 Å². The summed E-state index contributed by atoms with van der Waals surface area (Å²) in [6.45, 7) is 3.96. The lowest BCUT2D eigenvalue weighted by molar-refractivity contribution is 0.414. The fourth-order valence-electron chi connectivity index (χ4n) is 3.61. The summed E-state index contributed by atoms with van der Waals surface area (Å²) in [6, 6.07) is 11.7. The van der Waals surface area contributed by atoms with Crippen molar-refractivity contribution in [2.45, 2.75) is 19.9 Å². The maximum atomic E-state index is 13.3. The van der Waals surface area contributed by atoms with Gasteiger partial charge in [-0.05, 0) is 61.3 Å². The van der Waals surface area contributed by atoms with E-state index in [0.717, 1.165) is 32.8 Å². The van der Waals surface area contributed by atoms with Gasteiger partial charge in [0.1, 0.15) is 16.4 Å². The van der Waals surface area contributed by atoms with Gasteiger partial charge in [-0.15, -0.1) is 5.53 Å². The summed E-state index contributed by atoms with van der Waals surface area (Å²) in [5.41, 5.74) is 10.3. The van der Waals surface area contributed by atoms with Gasteiger partial charge in [-0.2, -0.15) is 4.37 Å². The highest BCUT2D eigenvalue weighted by Gasteiger charge is 2.28. The van der Waals surface area contributed by atoms with Crippen molar-refractivity contribution in [3.8, 4) is 10.8 Å². The molecule has 0 fully saturated rings. The Morgan fingerprint density at radius 2 is 2.07 bits per heavy atom. The zero-order valence-electron chi connectivity index (χ0n) is 16.7. The number of nitrogens with zero attached hydrogens (tertiary/aromatic N) is 4. The van der Waals surface area contributed by atoms with E-state index in [4.69, 9.17) is 4.74 Å². The third-order valence-electron chi connectivity index (χ3n) is 5.26. The number of ether oxygens (including phenoxy) is 1. The number of hydrazine groups is 2. The molecule has 1 aliphatic rings. The Morgan fingerprint density at radius 1 is 1.20 bits per heavy atom. The Morgan fingerprint density at radius 3 is 2.83 bits per heavy atom. The molecule has 0 saturated heterocycles. The first kappa shape index (κ1) is 18.6. The molecule has 5 rings (SSSR count). The molecule has 0 radical (unpaired) electrons. The number of benzene rings is 1. The van der Waals surface area contributed by atoms with Gasteiger partial charge in [-0.1, -0.05) is 6.07 Å². The largest absolute Gasteiger partial charge is 0.495 e. The molecule has 3 aromatic heterocycles. The van der Waals surface area contributed by atoms with Crippen molar-refractivity contribution >= 4 is 33.8 Å². The van der Waals surface area contributed by atoms with Crippen LogP contribution in [-0.2, 0) is 0 Å². The molecule has 0 bridgehead atoms. The summed E-state index contributed by atoms with van der Waals surface area (Å²) in [5.74, 6) is 0.710. The second kappa shape index (κ2) is 7.12. The van der Waals surface area contributed by atoms with Gasteiger partial charge in [0.25, 0.3) is 5.56 Å². The van der Waals surface area contributed by atoms with Gasteiger partial charge in [-0.3, -0.25) is 19.4 Å². The van der Waals surface area contributed by atoms with Gasteiger partial charge in [0.05, 0.1) is 36.2 Å². The Kier molecular flexibility index (Phi) is 4.41. The minimum atomic E-state index is -0.110. The minimum Gasteiger partial charge on any atom is -0.495 e. The molecule has 1 aromatic carbocycles. The predicted molar refractivity (Wildman–Crippen MR) is 118 cm³/mol. The second-order valence-electron chi connectivity index (χ2n) is 7.17. The van der Waals surface area contributed by atoms with Gasteiger partial charge in [0, 0.05) is 11.6 Å². The van der Waals surface area contributed by atoms with Crippen molar-refractivity contribution in [3.05, 3.63) is 70.4 Å². The number of fused-ring (bicyclic) bond motifs is 2. The van der Waals surface area contributed by atoms with E-state index in [1.165, 1.54) is 11.5 Å². The summed E-state index contributed by atoms with van der Waals surface area (Å²) >= 11 is 1.31. The Bertz CT molecular complexity index is 1310. The third-order valence-corrected chi connectivity index (χ3v) is 6.14. The summed E-state index contributed by atoms with van der Waals surface area (Å²) in [5, 5.41) is 3.64. The van der Waals surface area contributed by atoms with E-state index in [2.05, 4.69) is 26.4 Å². The summed E-state index contributed by atoms with van der Waals surface area (Å²) in [7, 11) is 1.63. The van der Waals surface area contributed by atoms with Crippen LogP contribution in [0.3, 0.4) is 0 Å². The first-order valence-electron chi connectivity index (χ1n) is 9.49. The van der Waals surface area contributed by atoms with Crippen molar-refractivity contribution in [2.75, 3.05) is 17.5 Å². The fourth-order valence-corrected chi connectivity index (χ4v) is 4.36. The molecular formula is C21H20N6O2S. The number of hydrogen-bond donors (Lipinski definition) is 2. The van der Waals surface area contributed by atoms with Crippen molar-refractivity contribution in [1.29, 1.82) is 0 Å². The number of hydrogen-bond acceptors (Lipinski definition) is 8. The van der Waals surface area contributed by atoms with Crippen LogP contribution in [0.15, 0.2) is 53.6 Å². The molecule has 0 saturated carbocycles. The molecule has 30 heavy (non-hydrogen) atoms. The van der Waals surface area contributed by atoms with E-state index >= 15 is 0 Å². The highest BCUT2D eigenvalue weighted by molar-refractivity contribution is 7.08. The molecule has 1 atom stereocenters. The predicted octanol–water partition coefficient (Wildman–Crippen LogP) is 3.57. The van der Waals surface area contributed by atoms with E-state index < -0.39 is 0 Å². The van der Waals surface area contributed by atoms with Crippen LogP contribution >= 0.6 is 11.5 Å². The maximum absolute atomic E-state index is 13.3. The standard InChI is InChI=1S/C21H20N6O2S/c1-12-8-19(30-24-12)26-7-6-18-20(21(26)28)27(25-23-18)13(2)14-4-5-17-15(9-14)10-16(29-3)11-22-17/h4-11,13,23,25H,1-3H3/t13-/m1/s1. The first-order valence-corrected chi connectivity index (χ1v) is 10.3. The molecule has 9 heteroatoms. The second-order valence-corrected chi connectivity index (χ2v) is 7.95. The molecule has 0 aliphatic carbocycles. The number of nitrogens with one attached hydrogen (secondary N) is 2. The number of methoxy groups -OCH3 is 1. The SMILES string of the molecule is COc1cnc2ccc([C@@H](C)N3NNc4ccn(-c5cc(C)ns5)c(=O)c43)cc2c1. The number of aromatic nitrogens is 3. The van der Waals surface area contributed by atoms with Crippen LogP contribution in [0.25, 0.3) is 15.9 Å². The Balaban J connectivity index is 1.55. The highest BCUT2D eigenvalue weighted by atomic mass is 32.1. The molecular weight excluding hydrogens is 400 g/mol. The van der Waals surface area contributed by atoms with Gasteiger partial charge < -0.3 is 10.2 Å². The molecule has 0 unspecified atom stereocenters. The van der Waals surface area contributed by atoms with E-state index in [1.807, 2.05) is 49.2 Å². The average Bonchev–Trinajstić information content (AvgIpc) is 3.39. The molecule has 1 aliphatic heterocycles. The number of rotatable bonds is 4. The summed E-state index contributed by atoms with van der Waals surface area (Å²) < 4.78 is 11.2. The monoisotopic (exact) mass is 420 g/mol. The van der Waals surface area contributed by atoms with Crippen LogP contribution in [0.5, 0.6) is 5.75 Å². The fraction of sp³-hybridized carbons (Fsp3) is 0.190. The zero-order valence-corrected chi connectivity index (χ0v) is 17.5. The van der Waals surface area contributed by atoms with E-state index in [0.29, 0.717) is 11.4 Å². The summed E-state index contributed by atoms with van der Waals surface area (Å²) in [6.07, 6.45) is 3.47. The molecule has 0 amide bonds. The molecule has 8 nitrogen and oxygen atoms in total. The lowest BCUT2D eigenvalue weighted by Gasteiger charge is -2.26. The smallest absolute Gasteiger partial charge is 0.282 e. The van der Waals surface area contributed by atoms with Crippen LogP contribution < -0.4 is 26.3 Å². The number of pyridine rings is 2. The van der Waals surface area contributed by atoms with Crippen LogP contribution in [0.4, 0.5) is 11.4 Å². The number of anilines is 2. The average molecular weight is 420 g/mol. The van der Waals surface area contributed by atoms with Gasteiger partial charge in [0.2, 0.25) is 0 Å². The van der Waals surface area contributed by atoms with Crippen LogP contribution in [0.1, 0.15) is 24.2 Å². The molecule has 4 heterocycles. The van der Waals surface area contributed by atoms with Crippen molar-refractivity contribution < 1.29 is 4.74 Å². The molecule has 2 N–H and O–H groups in total. The van der Waals surface area contributed by atoms with Gasteiger partial charge in [-0.25, -0.2) is 0 Å². The molecule has 152 valence electrons. The third kappa shape index (κ3) is 2.99. The van der Waals surface area contributed by atoms with E-state index in [-0.39, 0.29) is 11.6 Å². The number of aryl methyl sites for hydroxylation is 1. The molecule has 0 spiro atoms.